The molecule has 0 saturated carbocycles. The fraction of sp³-hybridized carbons (Fsp3) is 0.182. The Bertz CT molecular complexity index is 535. The van der Waals surface area contributed by atoms with Crippen LogP contribution in [0.5, 0.6) is 0 Å². The van der Waals surface area contributed by atoms with Crippen molar-refractivity contribution < 1.29 is 19.5 Å². The maximum Gasteiger partial charge on any atom is 0.335 e. The van der Waals surface area contributed by atoms with Gasteiger partial charge in [0.1, 0.15) is 0 Å². The Morgan fingerprint density at radius 2 is 1.85 bits per heavy atom. The number of amides is 4. The first-order valence-corrected chi connectivity index (χ1v) is 5.89. The number of carbonyl (C=O) groups excluding carboxylic acids is 2. The highest BCUT2D eigenvalue weighted by molar-refractivity contribution is 6.33. The number of hydrogen-bond acceptors (Lipinski definition) is 3. The van der Waals surface area contributed by atoms with Gasteiger partial charge >= 0.3 is 18.0 Å². The number of carboxylic acids is 1. The number of rotatable bonds is 5. The van der Waals surface area contributed by atoms with Gasteiger partial charge in [-0.2, -0.15) is 0 Å². The molecule has 8 nitrogen and oxygen atoms in total. The summed E-state index contributed by atoms with van der Waals surface area (Å²) in [6, 6.07) is 2.66. The highest BCUT2D eigenvalue weighted by Gasteiger charge is 2.09. The van der Waals surface area contributed by atoms with E-state index in [1.807, 2.05) is 0 Å². The molecular formula is C11H13ClN4O4. The normalized spacial score (nSPS) is 9.65. The zero-order chi connectivity index (χ0) is 15.1. The molecule has 1 aromatic carbocycles. The molecule has 1 rings (SSSR count). The molecule has 0 radical (unpaired) electrons. The maximum atomic E-state index is 11.5. The Morgan fingerprint density at radius 3 is 2.45 bits per heavy atom. The molecule has 0 fully saturated rings. The van der Waals surface area contributed by atoms with E-state index in [4.69, 9.17) is 22.4 Å². The van der Waals surface area contributed by atoms with E-state index in [0.717, 1.165) is 0 Å². The van der Waals surface area contributed by atoms with E-state index in [-0.39, 0.29) is 29.4 Å². The Balaban J connectivity index is 2.55. The molecule has 0 saturated heterocycles. The maximum absolute atomic E-state index is 11.5. The number of primary amides is 1. The summed E-state index contributed by atoms with van der Waals surface area (Å²) in [6.07, 6.45) is 0. The topological polar surface area (TPSA) is 134 Å². The number of nitrogens with one attached hydrogen (secondary N) is 3. The molecule has 108 valence electrons. The van der Waals surface area contributed by atoms with Crippen LogP contribution in [0.3, 0.4) is 0 Å². The number of carbonyl (C=O) groups is 3. The highest BCUT2D eigenvalue weighted by Crippen LogP contribution is 2.22. The SMILES string of the molecule is NC(=O)NCCNC(=O)Nc1cc(C(=O)O)ccc1Cl. The molecule has 0 atom stereocenters. The second kappa shape index (κ2) is 7.19. The molecule has 0 aliphatic heterocycles. The minimum Gasteiger partial charge on any atom is -0.478 e. The third-order valence-electron chi connectivity index (χ3n) is 2.17. The number of benzene rings is 1. The summed E-state index contributed by atoms with van der Waals surface area (Å²) in [6.45, 7) is 0.330. The summed E-state index contributed by atoms with van der Waals surface area (Å²) in [4.78, 5) is 32.7. The lowest BCUT2D eigenvalue weighted by Crippen LogP contribution is -2.38. The minimum absolute atomic E-state index is 0.0000881. The van der Waals surface area contributed by atoms with Gasteiger partial charge in [-0.25, -0.2) is 14.4 Å². The summed E-state index contributed by atoms with van der Waals surface area (Å²) in [5.74, 6) is -1.13. The Morgan fingerprint density at radius 1 is 1.20 bits per heavy atom. The third-order valence-corrected chi connectivity index (χ3v) is 2.50. The van der Waals surface area contributed by atoms with Crippen LogP contribution in [0.15, 0.2) is 18.2 Å². The summed E-state index contributed by atoms with van der Waals surface area (Å²) in [5, 5.41) is 16.2. The fourth-order valence-electron chi connectivity index (χ4n) is 1.28. The minimum atomic E-state index is -1.13. The van der Waals surface area contributed by atoms with E-state index in [1.165, 1.54) is 18.2 Å². The number of halogens is 1. The predicted octanol–water partition coefficient (Wildman–Crippen LogP) is 0.828. The van der Waals surface area contributed by atoms with Crippen LogP contribution < -0.4 is 21.7 Å². The number of nitrogens with two attached hydrogens (primary N) is 1. The monoisotopic (exact) mass is 300 g/mol. The van der Waals surface area contributed by atoms with Gasteiger partial charge in [0.05, 0.1) is 16.3 Å². The first-order chi connectivity index (χ1) is 9.40. The fourth-order valence-corrected chi connectivity index (χ4v) is 1.45. The van der Waals surface area contributed by atoms with Crippen molar-refractivity contribution in [2.45, 2.75) is 0 Å². The molecule has 9 heteroatoms. The number of carboxylic acid groups (broad SMARTS) is 1. The van der Waals surface area contributed by atoms with Crippen molar-refractivity contribution in [1.82, 2.24) is 10.6 Å². The van der Waals surface area contributed by atoms with E-state index in [9.17, 15) is 14.4 Å². The number of aromatic carboxylic acids is 1. The zero-order valence-corrected chi connectivity index (χ0v) is 11.0. The average molecular weight is 301 g/mol. The first-order valence-electron chi connectivity index (χ1n) is 5.51. The lowest BCUT2D eigenvalue weighted by Gasteiger charge is -2.09. The molecule has 0 aromatic heterocycles. The van der Waals surface area contributed by atoms with E-state index < -0.39 is 18.0 Å². The molecule has 6 N–H and O–H groups in total. The molecule has 0 spiro atoms. The molecule has 0 aliphatic rings. The molecular weight excluding hydrogens is 288 g/mol. The van der Waals surface area contributed by atoms with Crippen molar-refractivity contribution in [2.24, 2.45) is 5.73 Å². The standard InChI is InChI=1S/C11H13ClN4O4/c12-7-2-1-6(9(17)18)5-8(7)16-11(20)15-4-3-14-10(13)19/h1-2,5H,3-4H2,(H,17,18)(H3,13,14,19)(H2,15,16,20). The van der Waals surface area contributed by atoms with Gasteiger partial charge in [0, 0.05) is 13.1 Å². The molecule has 0 unspecified atom stereocenters. The van der Waals surface area contributed by atoms with Crippen LogP contribution in [-0.2, 0) is 0 Å². The van der Waals surface area contributed by atoms with Crippen molar-refractivity contribution in [3.05, 3.63) is 28.8 Å². The van der Waals surface area contributed by atoms with Gasteiger partial charge in [0.25, 0.3) is 0 Å². The van der Waals surface area contributed by atoms with Crippen molar-refractivity contribution in [3.8, 4) is 0 Å². The van der Waals surface area contributed by atoms with E-state index in [0.29, 0.717) is 0 Å². The van der Waals surface area contributed by atoms with Gasteiger partial charge in [0.2, 0.25) is 0 Å². The van der Waals surface area contributed by atoms with Crippen LogP contribution in [-0.4, -0.2) is 36.2 Å². The lowest BCUT2D eigenvalue weighted by atomic mass is 10.2. The number of anilines is 1. The van der Waals surface area contributed by atoms with Crippen LogP contribution in [0.25, 0.3) is 0 Å². The van der Waals surface area contributed by atoms with Crippen LogP contribution in [0.1, 0.15) is 10.4 Å². The summed E-state index contributed by atoms with van der Waals surface area (Å²) in [5.41, 5.74) is 5.02. The van der Waals surface area contributed by atoms with Gasteiger partial charge in [-0.05, 0) is 18.2 Å². The molecule has 20 heavy (non-hydrogen) atoms. The van der Waals surface area contributed by atoms with Gasteiger partial charge in [-0.15, -0.1) is 0 Å². The van der Waals surface area contributed by atoms with Gasteiger partial charge < -0.3 is 26.8 Å². The Hall–Kier alpha value is -2.48. The van der Waals surface area contributed by atoms with Crippen molar-refractivity contribution in [3.63, 3.8) is 0 Å². The molecule has 0 heterocycles. The summed E-state index contributed by atoms with van der Waals surface area (Å²) >= 11 is 5.84. The highest BCUT2D eigenvalue weighted by atomic mass is 35.5. The lowest BCUT2D eigenvalue weighted by molar-refractivity contribution is 0.0697. The average Bonchev–Trinajstić information content (AvgIpc) is 2.37. The molecule has 1 aromatic rings. The third kappa shape index (κ3) is 5.02. The Kier molecular flexibility index (Phi) is 5.60. The zero-order valence-electron chi connectivity index (χ0n) is 10.3. The number of hydrogen-bond donors (Lipinski definition) is 5. The predicted molar refractivity (Wildman–Crippen MR) is 73.0 cm³/mol. The van der Waals surface area contributed by atoms with E-state index in [2.05, 4.69) is 16.0 Å². The van der Waals surface area contributed by atoms with Crippen LogP contribution in [0.2, 0.25) is 5.02 Å². The molecule has 4 amide bonds. The smallest absolute Gasteiger partial charge is 0.335 e. The number of urea groups is 2. The van der Waals surface area contributed by atoms with E-state index in [1.54, 1.807) is 0 Å². The summed E-state index contributed by atoms with van der Waals surface area (Å²) < 4.78 is 0. The second-order valence-corrected chi connectivity index (χ2v) is 4.08. The van der Waals surface area contributed by atoms with Crippen molar-refractivity contribution in [1.29, 1.82) is 0 Å². The van der Waals surface area contributed by atoms with Crippen LogP contribution in [0.4, 0.5) is 15.3 Å². The van der Waals surface area contributed by atoms with Crippen molar-refractivity contribution >= 4 is 35.3 Å². The Labute approximate surface area is 119 Å². The summed E-state index contributed by atoms with van der Waals surface area (Å²) in [7, 11) is 0. The quantitative estimate of drug-likeness (QED) is 0.515. The largest absolute Gasteiger partial charge is 0.478 e. The van der Waals surface area contributed by atoms with Crippen molar-refractivity contribution in [2.75, 3.05) is 18.4 Å². The van der Waals surface area contributed by atoms with E-state index >= 15 is 0 Å². The molecule has 0 bridgehead atoms. The van der Waals surface area contributed by atoms with Gasteiger partial charge in [-0.3, -0.25) is 0 Å². The van der Waals surface area contributed by atoms with Crippen LogP contribution >= 0.6 is 11.6 Å². The van der Waals surface area contributed by atoms with Crippen LogP contribution in [0, 0.1) is 0 Å². The second-order valence-electron chi connectivity index (χ2n) is 3.67. The molecule has 0 aliphatic carbocycles. The van der Waals surface area contributed by atoms with Gasteiger partial charge in [0.15, 0.2) is 0 Å². The van der Waals surface area contributed by atoms with Gasteiger partial charge in [-0.1, -0.05) is 11.6 Å². The first kappa shape index (κ1) is 15.6.